The second kappa shape index (κ2) is 8.01. The molecule has 0 saturated carbocycles. The number of esters is 1. The zero-order chi connectivity index (χ0) is 16.7. The molecule has 0 radical (unpaired) electrons. The maximum absolute atomic E-state index is 12.2. The molecule has 8 nitrogen and oxygen atoms in total. The topological polar surface area (TPSA) is 105 Å². The smallest absolute Gasteiger partial charge is 0.341 e. The molecule has 0 saturated heterocycles. The third-order valence-corrected chi connectivity index (χ3v) is 2.75. The largest absolute Gasteiger partial charge is 0.465 e. The Hall–Kier alpha value is -2.58. The summed E-state index contributed by atoms with van der Waals surface area (Å²) in [7, 11) is 3.55. The Morgan fingerprint density at radius 1 is 1.18 bits per heavy atom. The molecule has 0 atom stereocenters. The molecule has 22 heavy (non-hydrogen) atoms. The third-order valence-electron chi connectivity index (χ3n) is 2.75. The van der Waals surface area contributed by atoms with Crippen molar-refractivity contribution in [2.75, 3.05) is 21.3 Å². The van der Waals surface area contributed by atoms with E-state index in [1.54, 1.807) is 6.07 Å². The number of rotatable bonds is 7. The lowest BCUT2D eigenvalue weighted by Crippen LogP contribution is -2.29. The van der Waals surface area contributed by atoms with E-state index in [-0.39, 0.29) is 11.3 Å². The minimum atomic E-state index is -1.31. The van der Waals surface area contributed by atoms with Gasteiger partial charge in [0.25, 0.3) is 5.69 Å². The van der Waals surface area contributed by atoms with E-state index in [4.69, 9.17) is 9.47 Å². The van der Waals surface area contributed by atoms with Gasteiger partial charge in [-0.15, -0.1) is 0 Å². The highest BCUT2D eigenvalue weighted by Crippen LogP contribution is 2.22. The lowest BCUT2D eigenvalue weighted by molar-refractivity contribution is -0.385. The van der Waals surface area contributed by atoms with Gasteiger partial charge in [0, 0.05) is 20.3 Å². The number of nitro benzene ring substituents is 1. The van der Waals surface area contributed by atoms with Gasteiger partial charge in [0.15, 0.2) is 0 Å². The average molecular weight is 309 g/mol. The van der Waals surface area contributed by atoms with Gasteiger partial charge in [-0.05, 0) is 12.1 Å². The molecule has 0 aromatic heterocycles. The van der Waals surface area contributed by atoms with E-state index in [2.05, 4.69) is 4.74 Å². The summed E-state index contributed by atoms with van der Waals surface area (Å²) in [5.41, 5.74) is -0.569. The van der Waals surface area contributed by atoms with Crippen LogP contribution in [0.15, 0.2) is 29.8 Å². The molecular weight excluding hydrogens is 294 g/mol. The number of hydrogen-bond donors (Lipinski definition) is 0. The van der Waals surface area contributed by atoms with Crippen molar-refractivity contribution in [3.8, 4) is 0 Å². The van der Waals surface area contributed by atoms with E-state index >= 15 is 0 Å². The normalized spacial score (nSPS) is 11.4. The molecule has 0 spiro atoms. The molecule has 0 aliphatic heterocycles. The lowest BCUT2D eigenvalue weighted by atomic mass is 10.1. The first-order valence-corrected chi connectivity index (χ1v) is 6.09. The molecule has 0 fully saturated rings. The number of ketones is 1. The fraction of sp³-hybridized carbons (Fsp3) is 0.286. The number of Topliss-reactive ketones (excluding diaryl/α,β-unsaturated/α-hetero) is 1. The first-order chi connectivity index (χ1) is 10.5. The van der Waals surface area contributed by atoms with Crippen LogP contribution < -0.4 is 0 Å². The highest BCUT2D eigenvalue weighted by Gasteiger charge is 2.28. The molecule has 118 valence electrons. The van der Waals surface area contributed by atoms with Crippen molar-refractivity contribution >= 4 is 23.5 Å². The van der Waals surface area contributed by atoms with E-state index in [0.717, 1.165) is 13.2 Å². The summed E-state index contributed by atoms with van der Waals surface area (Å²) in [6.45, 7) is 0. The van der Waals surface area contributed by atoms with E-state index in [9.17, 15) is 19.7 Å². The summed E-state index contributed by atoms with van der Waals surface area (Å²) in [5.74, 6) is -1.74. The summed E-state index contributed by atoms with van der Waals surface area (Å²) >= 11 is 0. The van der Waals surface area contributed by atoms with Crippen LogP contribution in [0.4, 0.5) is 5.69 Å². The van der Waals surface area contributed by atoms with Crippen LogP contribution in [0.25, 0.3) is 6.08 Å². The zero-order valence-electron chi connectivity index (χ0n) is 12.3. The number of carbonyl (C=O) groups excluding carboxylic acids is 2. The Labute approximate surface area is 126 Å². The van der Waals surface area contributed by atoms with E-state index in [0.29, 0.717) is 0 Å². The minimum Gasteiger partial charge on any atom is -0.465 e. The fourth-order valence-electron chi connectivity index (χ4n) is 1.71. The van der Waals surface area contributed by atoms with Crippen molar-refractivity contribution in [2.24, 2.45) is 0 Å². The molecule has 0 unspecified atom stereocenters. The Morgan fingerprint density at radius 3 is 2.27 bits per heavy atom. The van der Waals surface area contributed by atoms with Crippen molar-refractivity contribution in [3.05, 3.63) is 45.5 Å². The Morgan fingerprint density at radius 2 is 1.77 bits per heavy atom. The van der Waals surface area contributed by atoms with Crippen LogP contribution in [-0.4, -0.2) is 44.3 Å². The second-order valence-corrected chi connectivity index (χ2v) is 4.03. The van der Waals surface area contributed by atoms with Crippen LogP contribution in [0.2, 0.25) is 0 Å². The molecule has 0 aliphatic rings. The molecule has 0 amide bonds. The van der Waals surface area contributed by atoms with Crippen LogP contribution in [-0.2, 0) is 23.8 Å². The summed E-state index contributed by atoms with van der Waals surface area (Å²) in [6, 6.07) is 5.68. The first kappa shape index (κ1) is 17.5. The number of methoxy groups -OCH3 is 3. The number of ether oxygens (including phenoxy) is 3. The van der Waals surface area contributed by atoms with Gasteiger partial charge in [-0.1, -0.05) is 12.1 Å². The maximum atomic E-state index is 12.2. The molecule has 1 aromatic carbocycles. The summed E-state index contributed by atoms with van der Waals surface area (Å²) < 4.78 is 14.1. The van der Waals surface area contributed by atoms with Crippen LogP contribution >= 0.6 is 0 Å². The molecular formula is C14H15NO7. The number of benzene rings is 1. The SMILES string of the molecule is COC(=O)/C(=C/c1ccccc1[N+](=O)[O-])C(=O)C(OC)OC. The predicted octanol–water partition coefficient (Wildman–Crippen LogP) is 1.34. The maximum Gasteiger partial charge on any atom is 0.341 e. The van der Waals surface area contributed by atoms with Gasteiger partial charge in [-0.3, -0.25) is 14.9 Å². The van der Waals surface area contributed by atoms with E-state index in [1.165, 1.54) is 32.4 Å². The minimum absolute atomic E-state index is 0.0900. The third kappa shape index (κ3) is 3.96. The van der Waals surface area contributed by atoms with Gasteiger partial charge in [0.05, 0.1) is 17.6 Å². The number of nitrogens with zero attached hydrogens (tertiary/aromatic N) is 1. The number of para-hydroxylation sites is 1. The molecule has 0 N–H and O–H groups in total. The first-order valence-electron chi connectivity index (χ1n) is 6.09. The summed E-state index contributed by atoms with van der Waals surface area (Å²) in [5, 5.41) is 11.0. The summed E-state index contributed by atoms with van der Waals surface area (Å²) in [4.78, 5) is 34.4. The monoisotopic (exact) mass is 309 g/mol. The van der Waals surface area contributed by atoms with Crippen molar-refractivity contribution in [2.45, 2.75) is 6.29 Å². The molecule has 0 heterocycles. The second-order valence-electron chi connectivity index (χ2n) is 4.03. The van der Waals surface area contributed by atoms with E-state index < -0.39 is 28.5 Å². The highest BCUT2D eigenvalue weighted by molar-refractivity contribution is 6.22. The molecule has 8 heteroatoms. The number of carbonyl (C=O) groups is 2. The number of hydrogen-bond acceptors (Lipinski definition) is 7. The van der Waals surface area contributed by atoms with Crippen molar-refractivity contribution in [1.82, 2.24) is 0 Å². The van der Waals surface area contributed by atoms with Gasteiger partial charge in [-0.2, -0.15) is 0 Å². The van der Waals surface area contributed by atoms with Crippen LogP contribution in [0.1, 0.15) is 5.56 Å². The van der Waals surface area contributed by atoms with Crippen LogP contribution in [0.5, 0.6) is 0 Å². The van der Waals surface area contributed by atoms with Gasteiger partial charge < -0.3 is 14.2 Å². The number of nitro groups is 1. The van der Waals surface area contributed by atoms with Crippen molar-refractivity contribution < 1.29 is 28.7 Å². The van der Waals surface area contributed by atoms with Gasteiger partial charge >= 0.3 is 5.97 Å². The summed E-state index contributed by atoms with van der Waals surface area (Å²) in [6.07, 6.45) is -0.231. The quantitative estimate of drug-likeness (QED) is 0.142. The van der Waals surface area contributed by atoms with Crippen LogP contribution in [0, 0.1) is 10.1 Å². The Kier molecular flexibility index (Phi) is 6.36. The standard InChI is InChI=1S/C14H15NO7/c1-20-13(17)10(12(16)14(21-2)22-3)8-9-6-4-5-7-11(9)15(18)19/h4-8,14H,1-3H3/b10-8+. The average Bonchev–Trinajstić information content (AvgIpc) is 2.53. The van der Waals surface area contributed by atoms with E-state index in [1.807, 2.05) is 0 Å². The van der Waals surface area contributed by atoms with Gasteiger partial charge in [0.2, 0.25) is 12.1 Å². The van der Waals surface area contributed by atoms with Crippen molar-refractivity contribution in [3.63, 3.8) is 0 Å². The zero-order valence-corrected chi connectivity index (χ0v) is 12.3. The van der Waals surface area contributed by atoms with Gasteiger partial charge in [-0.25, -0.2) is 4.79 Å². The Bertz CT molecular complexity index is 605. The van der Waals surface area contributed by atoms with Gasteiger partial charge in [0.1, 0.15) is 5.57 Å². The van der Waals surface area contributed by atoms with Crippen LogP contribution in [0.3, 0.4) is 0 Å². The Balaban J connectivity index is 3.37. The molecule has 1 aromatic rings. The molecule has 0 bridgehead atoms. The lowest BCUT2D eigenvalue weighted by Gasteiger charge is -2.13. The van der Waals surface area contributed by atoms with Crippen molar-refractivity contribution in [1.29, 1.82) is 0 Å². The fourth-order valence-corrected chi connectivity index (χ4v) is 1.71. The molecule has 1 rings (SSSR count). The molecule has 0 aliphatic carbocycles. The predicted molar refractivity (Wildman–Crippen MR) is 75.9 cm³/mol. The highest BCUT2D eigenvalue weighted by atomic mass is 16.7.